The summed E-state index contributed by atoms with van der Waals surface area (Å²) in [7, 11) is 0. The number of nitrogens with zero attached hydrogens (tertiary/aromatic N) is 4. The van der Waals surface area contributed by atoms with Gasteiger partial charge >= 0.3 is 0 Å². The predicted octanol–water partition coefficient (Wildman–Crippen LogP) is 2.28. The third kappa shape index (κ3) is 6.38. The van der Waals surface area contributed by atoms with E-state index in [9.17, 15) is 4.79 Å². The molecule has 2 fully saturated rings. The van der Waals surface area contributed by atoms with E-state index in [0.29, 0.717) is 6.54 Å². The van der Waals surface area contributed by atoms with Crippen molar-refractivity contribution in [3.8, 4) is 0 Å². The van der Waals surface area contributed by atoms with Gasteiger partial charge < -0.3 is 10.2 Å². The summed E-state index contributed by atoms with van der Waals surface area (Å²) in [4.78, 5) is 23.9. The number of carbonyl (C=O) groups is 1. The summed E-state index contributed by atoms with van der Waals surface area (Å²) in [6, 6.07) is 6.48. The first-order chi connectivity index (χ1) is 13.3. The molecule has 0 saturated carbocycles. The van der Waals surface area contributed by atoms with Gasteiger partial charge in [0.1, 0.15) is 0 Å². The molecule has 29 heavy (non-hydrogen) atoms. The first-order valence-electron chi connectivity index (χ1n) is 9.65. The van der Waals surface area contributed by atoms with E-state index in [0.717, 1.165) is 52.4 Å². The Labute approximate surface area is 189 Å². The Bertz CT molecular complexity index is 726. The molecule has 4 rings (SSSR count). The smallest absolute Gasteiger partial charge is 0.236 e. The standard InChI is InChI=1S/C20H27N5OS.2ClH/c26-20(24-9-7-23(8-10-24)14-17-3-11-27-16-17)15-25-6-5-22-13-19(25)18-2-1-4-21-12-18;;/h1-4,11-12,16,19,22H,5-10,13-15H2;2*1H. The topological polar surface area (TPSA) is 51.7 Å². The van der Waals surface area contributed by atoms with Gasteiger partial charge in [-0.05, 0) is 34.0 Å². The fraction of sp³-hybridized carbons (Fsp3) is 0.500. The molecule has 2 saturated heterocycles. The molecule has 1 N–H and O–H groups in total. The quantitative estimate of drug-likeness (QED) is 0.745. The van der Waals surface area contributed by atoms with Crippen LogP contribution < -0.4 is 5.32 Å². The van der Waals surface area contributed by atoms with Crippen molar-refractivity contribution in [3.63, 3.8) is 0 Å². The molecule has 9 heteroatoms. The molecule has 1 amide bonds. The van der Waals surface area contributed by atoms with E-state index >= 15 is 0 Å². The molecule has 0 bridgehead atoms. The molecule has 2 aliphatic rings. The van der Waals surface area contributed by atoms with Crippen LogP contribution in [-0.4, -0.2) is 77.9 Å². The van der Waals surface area contributed by atoms with Gasteiger partial charge in [0.25, 0.3) is 0 Å². The third-order valence-electron chi connectivity index (χ3n) is 5.47. The van der Waals surface area contributed by atoms with Crippen LogP contribution in [0.2, 0.25) is 0 Å². The summed E-state index contributed by atoms with van der Waals surface area (Å²) in [5, 5.41) is 7.78. The number of pyridine rings is 1. The van der Waals surface area contributed by atoms with E-state index in [-0.39, 0.29) is 36.8 Å². The Balaban J connectivity index is 0.00000150. The van der Waals surface area contributed by atoms with Crippen LogP contribution in [0.5, 0.6) is 0 Å². The third-order valence-corrected chi connectivity index (χ3v) is 6.21. The Hall–Kier alpha value is -1.22. The van der Waals surface area contributed by atoms with Gasteiger partial charge in [0.05, 0.1) is 6.54 Å². The molecule has 0 aliphatic carbocycles. The molecule has 2 aromatic heterocycles. The maximum atomic E-state index is 12.9. The van der Waals surface area contributed by atoms with Crippen LogP contribution in [0.3, 0.4) is 0 Å². The lowest BCUT2D eigenvalue weighted by atomic mass is 10.1. The molecule has 0 spiro atoms. The number of halogens is 2. The molecular formula is C20H29Cl2N5OS. The number of hydrogen-bond acceptors (Lipinski definition) is 6. The molecule has 6 nitrogen and oxygen atoms in total. The first-order valence-corrected chi connectivity index (χ1v) is 10.6. The summed E-state index contributed by atoms with van der Waals surface area (Å²) < 4.78 is 0. The maximum Gasteiger partial charge on any atom is 0.236 e. The van der Waals surface area contributed by atoms with Gasteiger partial charge in [-0.1, -0.05) is 6.07 Å². The Kier molecular flexibility index (Phi) is 9.82. The van der Waals surface area contributed by atoms with Crippen LogP contribution in [0.25, 0.3) is 0 Å². The van der Waals surface area contributed by atoms with Gasteiger partial charge in [0, 0.05) is 70.8 Å². The van der Waals surface area contributed by atoms with Crippen LogP contribution >= 0.6 is 36.2 Å². The number of thiophene rings is 1. The number of hydrogen-bond donors (Lipinski definition) is 1. The molecule has 2 aliphatic heterocycles. The molecule has 160 valence electrons. The summed E-state index contributed by atoms with van der Waals surface area (Å²) in [6.07, 6.45) is 3.71. The van der Waals surface area contributed by atoms with Crippen LogP contribution in [0, 0.1) is 0 Å². The normalized spacial score (nSPS) is 20.6. The Morgan fingerprint density at radius 1 is 1.17 bits per heavy atom. The monoisotopic (exact) mass is 457 g/mol. The number of amides is 1. The number of carbonyl (C=O) groups excluding carboxylic acids is 1. The fourth-order valence-electron chi connectivity index (χ4n) is 3.91. The highest BCUT2D eigenvalue weighted by atomic mass is 35.5. The zero-order chi connectivity index (χ0) is 18.5. The first kappa shape index (κ1) is 24.1. The van der Waals surface area contributed by atoms with Crippen molar-refractivity contribution in [1.29, 1.82) is 0 Å². The lowest BCUT2D eigenvalue weighted by Gasteiger charge is -2.39. The van der Waals surface area contributed by atoms with Crippen LogP contribution in [0.15, 0.2) is 41.4 Å². The summed E-state index contributed by atoms with van der Waals surface area (Å²) in [5.74, 6) is 0.251. The van der Waals surface area contributed by atoms with Crippen molar-refractivity contribution in [3.05, 3.63) is 52.5 Å². The second-order valence-electron chi connectivity index (χ2n) is 7.27. The average molecular weight is 458 g/mol. The lowest BCUT2D eigenvalue weighted by Crippen LogP contribution is -2.53. The second-order valence-corrected chi connectivity index (χ2v) is 8.05. The van der Waals surface area contributed by atoms with Gasteiger partial charge in [-0.15, -0.1) is 24.8 Å². The summed E-state index contributed by atoms with van der Waals surface area (Å²) in [5.41, 5.74) is 2.55. The van der Waals surface area contributed by atoms with Gasteiger partial charge in [-0.3, -0.25) is 19.6 Å². The lowest BCUT2D eigenvalue weighted by molar-refractivity contribution is -0.135. The molecule has 0 radical (unpaired) electrons. The maximum absolute atomic E-state index is 12.9. The van der Waals surface area contributed by atoms with Gasteiger partial charge in [-0.25, -0.2) is 0 Å². The molecule has 0 aromatic carbocycles. The fourth-order valence-corrected chi connectivity index (χ4v) is 4.57. The van der Waals surface area contributed by atoms with E-state index in [1.54, 1.807) is 17.5 Å². The molecular weight excluding hydrogens is 429 g/mol. The largest absolute Gasteiger partial charge is 0.339 e. The van der Waals surface area contributed by atoms with E-state index in [1.165, 1.54) is 11.1 Å². The molecule has 1 atom stereocenters. The number of aromatic nitrogens is 1. The molecule has 4 heterocycles. The minimum absolute atomic E-state index is 0. The Morgan fingerprint density at radius 2 is 2.00 bits per heavy atom. The second kappa shape index (κ2) is 11.8. The summed E-state index contributed by atoms with van der Waals surface area (Å²) >= 11 is 1.75. The van der Waals surface area contributed by atoms with E-state index in [4.69, 9.17) is 0 Å². The SMILES string of the molecule is Cl.Cl.O=C(CN1CCNCC1c1cccnc1)N1CCN(Cc2ccsc2)CC1. The molecule has 1 unspecified atom stereocenters. The minimum atomic E-state index is 0. The van der Waals surface area contributed by atoms with Crippen molar-refractivity contribution < 1.29 is 4.79 Å². The minimum Gasteiger partial charge on any atom is -0.339 e. The zero-order valence-corrected chi connectivity index (χ0v) is 18.9. The summed E-state index contributed by atoms with van der Waals surface area (Å²) in [6.45, 7) is 7.73. The van der Waals surface area contributed by atoms with E-state index < -0.39 is 0 Å². The highest BCUT2D eigenvalue weighted by Gasteiger charge is 2.28. The van der Waals surface area contributed by atoms with Crippen molar-refractivity contribution >= 4 is 42.1 Å². The number of piperazine rings is 2. The van der Waals surface area contributed by atoms with Gasteiger partial charge in [0.15, 0.2) is 0 Å². The van der Waals surface area contributed by atoms with E-state index in [1.807, 2.05) is 17.2 Å². The van der Waals surface area contributed by atoms with Crippen molar-refractivity contribution in [2.45, 2.75) is 12.6 Å². The van der Waals surface area contributed by atoms with Gasteiger partial charge in [-0.2, -0.15) is 11.3 Å². The van der Waals surface area contributed by atoms with E-state index in [2.05, 4.69) is 43.0 Å². The Morgan fingerprint density at radius 3 is 2.69 bits per heavy atom. The highest BCUT2D eigenvalue weighted by Crippen LogP contribution is 2.21. The van der Waals surface area contributed by atoms with Crippen LogP contribution in [0.1, 0.15) is 17.2 Å². The predicted molar refractivity (Wildman–Crippen MR) is 122 cm³/mol. The van der Waals surface area contributed by atoms with Crippen LogP contribution in [-0.2, 0) is 11.3 Å². The van der Waals surface area contributed by atoms with Crippen molar-refractivity contribution in [1.82, 2.24) is 25.0 Å². The average Bonchev–Trinajstić information content (AvgIpc) is 3.23. The zero-order valence-electron chi connectivity index (χ0n) is 16.4. The van der Waals surface area contributed by atoms with Crippen molar-refractivity contribution in [2.75, 3.05) is 52.4 Å². The molecule has 2 aromatic rings. The highest BCUT2D eigenvalue weighted by molar-refractivity contribution is 7.07. The van der Waals surface area contributed by atoms with Gasteiger partial charge in [0.2, 0.25) is 5.91 Å². The van der Waals surface area contributed by atoms with Crippen molar-refractivity contribution in [2.24, 2.45) is 0 Å². The number of rotatable bonds is 5. The van der Waals surface area contributed by atoms with Crippen LogP contribution in [0.4, 0.5) is 0 Å². The number of nitrogens with one attached hydrogen (secondary N) is 1.